The Hall–Kier alpha value is -0.870. The molecule has 1 aromatic rings. The molecule has 1 saturated carbocycles. The van der Waals surface area contributed by atoms with Gasteiger partial charge in [0, 0.05) is 18.5 Å². The molecule has 0 aromatic carbocycles. The van der Waals surface area contributed by atoms with Gasteiger partial charge < -0.3 is 10.0 Å². The molecule has 2 heterocycles. The molecule has 1 aromatic heterocycles. The van der Waals surface area contributed by atoms with Crippen LogP contribution in [0.25, 0.3) is 0 Å². The molecule has 2 aliphatic rings. The van der Waals surface area contributed by atoms with Gasteiger partial charge >= 0.3 is 0 Å². The highest BCUT2D eigenvalue weighted by Gasteiger charge is 2.45. The predicted octanol–water partition coefficient (Wildman–Crippen LogP) is 2.26. The van der Waals surface area contributed by atoms with E-state index in [2.05, 4.69) is 14.9 Å². The van der Waals surface area contributed by atoms with E-state index in [9.17, 15) is 5.11 Å². The number of halogens is 1. The van der Waals surface area contributed by atoms with Crippen LogP contribution in [0.5, 0.6) is 0 Å². The van der Waals surface area contributed by atoms with Gasteiger partial charge in [-0.15, -0.1) is 0 Å². The van der Waals surface area contributed by atoms with Crippen molar-refractivity contribution in [3.63, 3.8) is 0 Å². The van der Waals surface area contributed by atoms with Gasteiger partial charge in [0.1, 0.15) is 0 Å². The first-order valence-electron chi connectivity index (χ1n) is 6.60. The Balaban J connectivity index is 1.80. The van der Waals surface area contributed by atoms with Crippen molar-refractivity contribution < 1.29 is 5.11 Å². The molecule has 1 aliphatic carbocycles. The Morgan fingerprint density at radius 1 is 1.28 bits per heavy atom. The molecule has 0 amide bonds. The van der Waals surface area contributed by atoms with Crippen LogP contribution in [-0.4, -0.2) is 34.3 Å². The molecule has 0 radical (unpaired) electrons. The summed E-state index contributed by atoms with van der Waals surface area (Å²) in [6.07, 6.45) is 8.53. The highest BCUT2D eigenvalue weighted by Crippen LogP contribution is 2.45. The van der Waals surface area contributed by atoms with Gasteiger partial charge in [-0.3, -0.25) is 0 Å². The van der Waals surface area contributed by atoms with Crippen molar-refractivity contribution >= 4 is 17.5 Å². The lowest BCUT2D eigenvalue weighted by molar-refractivity contribution is 0.0406. The van der Waals surface area contributed by atoms with Crippen molar-refractivity contribution in [1.82, 2.24) is 9.97 Å². The quantitative estimate of drug-likeness (QED) is 0.848. The summed E-state index contributed by atoms with van der Waals surface area (Å²) in [6.45, 7) is 1.84. The van der Waals surface area contributed by atoms with Gasteiger partial charge in [-0.05, 0) is 25.7 Å². The van der Waals surface area contributed by atoms with Crippen molar-refractivity contribution in [3.8, 4) is 0 Å². The third kappa shape index (κ3) is 2.08. The lowest BCUT2D eigenvalue weighted by atomic mass is 9.77. The summed E-state index contributed by atoms with van der Waals surface area (Å²) in [5.74, 6) is 0.734. The SMILES string of the molecule is O[C@@H]1CCC[C@]12CCCN(c1ncc(Cl)cn1)C2. The summed E-state index contributed by atoms with van der Waals surface area (Å²) in [5.41, 5.74) is 0.0707. The molecule has 1 spiro atoms. The number of hydrogen-bond donors (Lipinski definition) is 1. The highest BCUT2D eigenvalue weighted by molar-refractivity contribution is 6.30. The Bertz CT molecular complexity index is 425. The maximum Gasteiger partial charge on any atom is 0.225 e. The maximum atomic E-state index is 10.2. The van der Waals surface area contributed by atoms with E-state index in [1.807, 2.05) is 0 Å². The van der Waals surface area contributed by atoms with Crippen LogP contribution in [0, 0.1) is 5.41 Å². The van der Waals surface area contributed by atoms with E-state index in [-0.39, 0.29) is 11.5 Å². The molecule has 1 N–H and O–H groups in total. The van der Waals surface area contributed by atoms with E-state index in [1.54, 1.807) is 12.4 Å². The standard InChI is InChI=1S/C13H18ClN3O/c14-10-7-15-12(16-8-10)17-6-2-5-13(9-17)4-1-3-11(13)18/h7-8,11,18H,1-6,9H2/t11-,13-/m1/s1. The van der Waals surface area contributed by atoms with Crippen molar-refractivity contribution in [3.05, 3.63) is 17.4 Å². The molecule has 2 fully saturated rings. The molecule has 1 saturated heterocycles. The van der Waals surface area contributed by atoms with Crippen molar-refractivity contribution in [2.45, 2.75) is 38.2 Å². The number of piperidine rings is 1. The minimum atomic E-state index is -0.160. The fourth-order valence-corrected chi connectivity index (χ4v) is 3.49. The number of nitrogens with zero attached hydrogens (tertiary/aromatic N) is 3. The highest BCUT2D eigenvalue weighted by atomic mass is 35.5. The Labute approximate surface area is 112 Å². The first kappa shape index (κ1) is 12.2. The van der Waals surface area contributed by atoms with E-state index in [4.69, 9.17) is 11.6 Å². The van der Waals surface area contributed by atoms with Gasteiger partial charge in [-0.25, -0.2) is 9.97 Å². The predicted molar refractivity (Wildman–Crippen MR) is 70.8 cm³/mol. The van der Waals surface area contributed by atoms with E-state index >= 15 is 0 Å². The van der Waals surface area contributed by atoms with E-state index in [0.717, 1.165) is 51.1 Å². The summed E-state index contributed by atoms with van der Waals surface area (Å²) >= 11 is 5.81. The van der Waals surface area contributed by atoms with Crippen molar-refractivity contribution in [2.75, 3.05) is 18.0 Å². The van der Waals surface area contributed by atoms with Crippen LogP contribution in [0.15, 0.2) is 12.4 Å². The average molecular weight is 268 g/mol. The zero-order chi connectivity index (χ0) is 12.6. The number of anilines is 1. The zero-order valence-electron chi connectivity index (χ0n) is 10.3. The summed E-state index contributed by atoms with van der Waals surface area (Å²) in [7, 11) is 0. The third-order valence-corrected chi connectivity index (χ3v) is 4.55. The largest absolute Gasteiger partial charge is 0.392 e. The van der Waals surface area contributed by atoms with Gasteiger partial charge in [0.2, 0.25) is 5.95 Å². The van der Waals surface area contributed by atoms with Crippen LogP contribution in [0.2, 0.25) is 5.02 Å². The Morgan fingerprint density at radius 2 is 2.00 bits per heavy atom. The third-order valence-electron chi connectivity index (χ3n) is 4.36. The van der Waals surface area contributed by atoms with Gasteiger partial charge in [0.25, 0.3) is 0 Å². The van der Waals surface area contributed by atoms with Gasteiger partial charge in [0.15, 0.2) is 0 Å². The molecule has 18 heavy (non-hydrogen) atoms. The Kier molecular flexibility index (Phi) is 3.16. The summed E-state index contributed by atoms with van der Waals surface area (Å²) in [4.78, 5) is 10.8. The van der Waals surface area contributed by atoms with Crippen LogP contribution in [0.1, 0.15) is 32.1 Å². The molecule has 0 unspecified atom stereocenters. The molecule has 5 heteroatoms. The first-order valence-corrected chi connectivity index (χ1v) is 6.98. The van der Waals surface area contributed by atoms with E-state index < -0.39 is 0 Å². The minimum Gasteiger partial charge on any atom is -0.392 e. The first-order chi connectivity index (χ1) is 8.70. The van der Waals surface area contributed by atoms with Crippen LogP contribution in [0.3, 0.4) is 0 Å². The average Bonchev–Trinajstić information content (AvgIpc) is 2.72. The van der Waals surface area contributed by atoms with Gasteiger partial charge in [-0.1, -0.05) is 18.0 Å². The second-order valence-electron chi connectivity index (χ2n) is 5.50. The van der Waals surface area contributed by atoms with Gasteiger partial charge in [0.05, 0.1) is 23.5 Å². The zero-order valence-corrected chi connectivity index (χ0v) is 11.1. The Morgan fingerprint density at radius 3 is 2.67 bits per heavy atom. The number of aromatic nitrogens is 2. The molecule has 3 rings (SSSR count). The van der Waals surface area contributed by atoms with Gasteiger partial charge in [-0.2, -0.15) is 0 Å². The molecular formula is C13H18ClN3O. The monoisotopic (exact) mass is 267 g/mol. The van der Waals surface area contributed by atoms with Crippen LogP contribution in [0.4, 0.5) is 5.95 Å². The molecule has 98 valence electrons. The van der Waals surface area contributed by atoms with E-state index in [1.165, 1.54) is 0 Å². The fourth-order valence-electron chi connectivity index (χ4n) is 3.40. The lowest BCUT2D eigenvalue weighted by Crippen LogP contribution is -2.47. The summed E-state index contributed by atoms with van der Waals surface area (Å²) in [6, 6.07) is 0. The second kappa shape index (κ2) is 4.67. The molecular weight excluding hydrogens is 250 g/mol. The summed E-state index contributed by atoms with van der Waals surface area (Å²) < 4.78 is 0. The topological polar surface area (TPSA) is 49.2 Å². The van der Waals surface area contributed by atoms with Crippen LogP contribution in [-0.2, 0) is 0 Å². The minimum absolute atomic E-state index is 0.0707. The lowest BCUT2D eigenvalue weighted by Gasteiger charge is -2.42. The number of aliphatic hydroxyl groups is 1. The number of rotatable bonds is 1. The molecule has 1 aliphatic heterocycles. The second-order valence-corrected chi connectivity index (χ2v) is 5.93. The summed E-state index contributed by atoms with van der Waals surface area (Å²) in [5, 5.41) is 10.8. The molecule has 0 bridgehead atoms. The molecule has 2 atom stereocenters. The maximum absolute atomic E-state index is 10.2. The van der Waals surface area contributed by atoms with Crippen molar-refractivity contribution in [2.24, 2.45) is 5.41 Å². The number of aliphatic hydroxyl groups excluding tert-OH is 1. The van der Waals surface area contributed by atoms with Crippen LogP contribution >= 0.6 is 11.6 Å². The fraction of sp³-hybridized carbons (Fsp3) is 0.692. The van der Waals surface area contributed by atoms with E-state index in [0.29, 0.717) is 5.02 Å². The normalized spacial score (nSPS) is 32.1. The smallest absolute Gasteiger partial charge is 0.225 e. The van der Waals surface area contributed by atoms with Crippen LogP contribution < -0.4 is 4.90 Å². The molecule has 4 nitrogen and oxygen atoms in total. The number of hydrogen-bond acceptors (Lipinski definition) is 4. The van der Waals surface area contributed by atoms with Crippen molar-refractivity contribution in [1.29, 1.82) is 0 Å².